The van der Waals surface area contributed by atoms with E-state index in [4.69, 9.17) is 0 Å². The Balaban J connectivity index is 1.94. The van der Waals surface area contributed by atoms with E-state index in [0.717, 1.165) is 38.9 Å². The lowest BCUT2D eigenvalue weighted by atomic mass is 9.97. The number of aryl methyl sites for hydroxylation is 1. The number of H-pyrrole nitrogens is 1. The summed E-state index contributed by atoms with van der Waals surface area (Å²) in [6.45, 7) is 2.01. The minimum absolute atomic E-state index is 0.266. The molecule has 4 heteroatoms. The van der Waals surface area contributed by atoms with Gasteiger partial charge in [-0.3, -0.25) is 10.1 Å². The number of aromatic hydroxyl groups is 1. The summed E-state index contributed by atoms with van der Waals surface area (Å²) < 4.78 is 0. The molecule has 2 aromatic carbocycles. The molecule has 0 aliphatic heterocycles. The van der Waals surface area contributed by atoms with E-state index in [1.54, 1.807) is 12.1 Å². The first kappa shape index (κ1) is 13.5. The molecule has 0 bridgehead atoms. The second kappa shape index (κ2) is 5.25. The number of aromatic nitrogens is 3. The third kappa shape index (κ3) is 2.34. The molecule has 0 aliphatic carbocycles. The molecule has 4 aromatic rings. The summed E-state index contributed by atoms with van der Waals surface area (Å²) in [6.07, 6.45) is 3.65. The number of rotatable bonds is 2. The highest BCUT2D eigenvalue weighted by Gasteiger charge is 2.09. The van der Waals surface area contributed by atoms with Gasteiger partial charge in [0.15, 0.2) is 0 Å². The minimum Gasteiger partial charge on any atom is -0.508 e. The zero-order valence-corrected chi connectivity index (χ0v) is 12.6. The molecule has 4 nitrogen and oxygen atoms in total. The van der Waals surface area contributed by atoms with Crippen molar-refractivity contribution in [3.63, 3.8) is 0 Å². The van der Waals surface area contributed by atoms with E-state index in [0.29, 0.717) is 0 Å². The van der Waals surface area contributed by atoms with Crippen LogP contribution in [0.4, 0.5) is 0 Å². The van der Waals surface area contributed by atoms with E-state index in [2.05, 4.69) is 27.3 Å². The van der Waals surface area contributed by atoms with Crippen molar-refractivity contribution in [2.24, 2.45) is 0 Å². The molecule has 0 saturated heterocycles. The maximum atomic E-state index is 9.49. The number of nitrogens with one attached hydrogen (secondary N) is 1. The minimum atomic E-state index is 0.266. The monoisotopic (exact) mass is 301 g/mol. The van der Waals surface area contributed by atoms with Gasteiger partial charge in [-0.2, -0.15) is 5.10 Å². The highest BCUT2D eigenvalue weighted by atomic mass is 16.3. The van der Waals surface area contributed by atoms with Crippen LogP contribution < -0.4 is 0 Å². The molecule has 0 unspecified atom stereocenters. The van der Waals surface area contributed by atoms with Crippen molar-refractivity contribution in [3.05, 3.63) is 66.6 Å². The predicted octanol–water partition coefficient (Wildman–Crippen LogP) is 4.31. The molecule has 0 radical (unpaired) electrons. The lowest BCUT2D eigenvalue weighted by Gasteiger charge is -2.08. The van der Waals surface area contributed by atoms with Crippen molar-refractivity contribution in [3.8, 4) is 28.0 Å². The van der Waals surface area contributed by atoms with Crippen LogP contribution >= 0.6 is 0 Å². The third-order valence-corrected chi connectivity index (χ3v) is 4.06. The van der Waals surface area contributed by atoms with Gasteiger partial charge in [0.25, 0.3) is 0 Å². The van der Waals surface area contributed by atoms with Crippen LogP contribution in [0.1, 0.15) is 5.69 Å². The number of phenols is 1. The van der Waals surface area contributed by atoms with Gasteiger partial charge in [0.1, 0.15) is 5.75 Å². The average molecular weight is 301 g/mol. The average Bonchev–Trinajstić information content (AvgIpc) is 3.01. The van der Waals surface area contributed by atoms with E-state index in [1.807, 2.05) is 43.6 Å². The van der Waals surface area contributed by atoms with Crippen molar-refractivity contribution >= 4 is 10.9 Å². The molecule has 0 aliphatic rings. The Morgan fingerprint density at radius 3 is 2.43 bits per heavy atom. The molecular weight excluding hydrogens is 286 g/mol. The van der Waals surface area contributed by atoms with Crippen molar-refractivity contribution < 1.29 is 5.11 Å². The molecule has 2 heterocycles. The second-order valence-electron chi connectivity index (χ2n) is 5.55. The van der Waals surface area contributed by atoms with Crippen molar-refractivity contribution in [2.45, 2.75) is 6.92 Å². The van der Waals surface area contributed by atoms with Gasteiger partial charge in [0.05, 0.1) is 11.7 Å². The van der Waals surface area contributed by atoms with Gasteiger partial charge < -0.3 is 5.11 Å². The molecule has 0 spiro atoms. The first-order valence-corrected chi connectivity index (χ1v) is 7.41. The largest absolute Gasteiger partial charge is 0.508 e. The van der Waals surface area contributed by atoms with Crippen LogP contribution in [0.2, 0.25) is 0 Å². The highest BCUT2D eigenvalue weighted by Crippen LogP contribution is 2.32. The molecule has 23 heavy (non-hydrogen) atoms. The molecule has 0 fully saturated rings. The number of nitrogens with zero attached hydrogens (tertiary/aromatic N) is 2. The third-order valence-electron chi connectivity index (χ3n) is 4.06. The van der Waals surface area contributed by atoms with Crippen LogP contribution in [-0.2, 0) is 0 Å². The maximum Gasteiger partial charge on any atom is 0.115 e. The standard InChI is InChI=1S/C19H15N3O/c1-12-18(11-21-22-12)14-4-7-19-17(10-14)16(8-9-20-19)13-2-5-15(23)6-3-13/h2-11,23H,1H3,(H,21,22). The number of benzene rings is 2. The number of hydrogen-bond acceptors (Lipinski definition) is 3. The smallest absolute Gasteiger partial charge is 0.115 e. The maximum absolute atomic E-state index is 9.49. The summed E-state index contributed by atoms with van der Waals surface area (Å²) in [5.74, 6) is 0.266. The Kier molecular flexibility index (Phi) is 3.08. The van der Waals surface area contributed by atoms with Crippen LogP contribution in [0, 0.1) is 6.92 Å². The van der Waals surface area contributed by atoms with Gasteiger partial charge in [-0.05, 0) is 53.9 Å². The van der Waals surface area contributed by atoms with Crippen LogP contribution in [0.25, 0.3) is 33.2 Å². The van der Waals surface area contributed by atoms with Gasteiger partial charge in [-0.15, -0.1) is 0 Å². The van der Waals surface area contributed by atoms with Crippen LogP contribution in [0.5, 0.6) is 5.75 Å². The fraction of sp³-hybridized carbons (Fsp3) is 0.0526. The molecule has 2 N–H and O–H groups in total. The lowest BCUT2D eigenvalue weighted by Crippen LogP contribution is -1.86. The molecule has 0 saturated carbocycles. The summed E-state index contributed by atoms with van der Waals surface area (Å²) >= 11 is 0. The summed E-state index contributed by atoms with van der Waals surface area (Å²) in [4.78, 5) is 4.46. The van der Waals surface area contributed by atoms with Crippen molar-refractivity contribution in [2.75, 3.05) is 0 Å². The van der Waals surface area contributed by atoms with Crippen molar-refractivity contribution in [1.29, 1.82) is 0 Å². The van der Waals surface area contributed by atoms with Gasteiger partial charge in [0.2, 0.25) is 0 Å². The first-order valence-electron chi connectivity index (χ1n) is 7.41. The van der Waals surface area contributed by atoms with Crippen LogP contribution in [0.3, 0.4) is 0 Å². The van der Waals surface area contributed by atoms with Crippen LogP contribution in [0.15, 0.2) is 60.9 Å². The number of phenolic OH excluding ortho intramolecular Hbond substituents is 1. The number of hydrogen-bond donors (Lipinski definition) is 2. The Hall–Kier alpha value is -3.14. The molecule has 4 rings (SSSR count). The summed E-state index contributed by atoms with van der Waals surface area (Å²) in [5, 5.41) is 17.6. The number of aromatic amines is 1. The normalized spacial score (nSPS) is 11.0. The zero-order chi connectivity index (χ0) is 15.8. The predicted molar refractivity (Wildman–Crippen MR) is 91.2 cm³/mol. The Morgan fingerprint density at radius 2 is 1.70 bits per heavy atom. The van der Waals surface area contributed by atoms with Gasteiger partial charge in [-0.1, -0.05) is 18.2 Å². The van der Waals surface area contributed by atoms with E-state index in [-0.39, 0.29) is 5.75 Å². The summed E-state index contributed by atoms with van der Waals surface area (Å²) in [5.41, 5.74) is 6.33. The van der Waals surface area contributed by atoms with Crippen LogP contribution in [-0.4, -0.2) is 20.3 Å². The Bertz CT molecular complexity index is 987. The van der Waals surface area contributed by atoms with Gasteiger partial charge in [-0.25, -0.2) is 0 Å². The SMILES string of the molecule is Cc1[nH]ncc1-c1ccc2nccc(-c3ccc(O)cc3)c2c1. The van der Waals surface area contributed by atoms with E-state index < -0.39 is 0 Å². The fourth-order valence-corrected chi connectivity index (χ4v) is 2.85. The first-order chi connectivity index (χ1) is 11.2. The fourth-order valence-electron chi connectivity index (χ4n) is 2.85. The topological polar surface area (TPSA) is 61.8 Å². The van der Waals surface area contributed by atoms with Gasteiger partial charge >= 0.3 is 0 Å². The van der Waals surface area contributed by atoms with E-state index in [9.17, 15) is 5.11 Å². The highest BCUT2D eigenvalue weighted by molar-refractivity contribution is 5.97. The summed E-state index contributed by atoms with van der Waals surface area (Å²) in [7, 11) is 0. The molecule has 0 atom stereocenters. The van der Waals surface area contributed by atoms with Gasteiger partial charge in [0, 0.05) is 22.8 Å². The van der Waals surface area contributed by atoms with E-state index >= 15 is 0 Å². The molecule has 2 aromatic heterocycles. The van der Waals surface area contributed by atoms with Crippen molar-refractivity contribution in [1.82, 2.24) is 15.2 Å². The number of fused-ring (bicyclic) bond motifs is 1. The second-order valence-corrected chi connectivity index (χ2v) is 5.55. The molecule has 0 amide bonds. The Labute approximate surface area is 133 Å². The van der Waals surface area contributed by atoms with E-state index in [1.165, 1.54) is 0 Å². The quantitative estimate of drug-likeness (QED) is 0.580. The Morgan fingerprint density at radius 1 is 0.913 bits per heavy atom. The summed E-state index contributed by atoms with van der Waals surface area (Å²) in [6, 6.07) is 15.5. The lowest BCUT2D eigenvalue weighted by molar-refractivity contribution is 0.475. The zero-order valence-electron chi connectivity index (χ0n) is 12.6. The molecular formula is C19H15N3O. The number of pyridine rings is 1. The molecule has 112 valence electrons.